The zero-order chi connectivity index (χ0) is 12.6. The zero-order valence-corrected chi connectivity index (χ0v) is 11.1. The molecule has 1 N–H and O–H groups in total. The highest BCUT2D eigenvalue weighted by Crippen LogP contribution is 2.70. The van der Waals surface area contributed by atoms with Gasteiger partial charge < -0.3 is 9.84 Å². The second-order valence-electron chi connectivity index (χ2n) is 6.98. The van der Waals surface area contributed by atoms with E-state index in [2.05, 4.69) is 20.8 Å². The van der Waals surface area contributed by atoms with Crippen LogP contribution in [-0.4, -0.2) is 28.7 Å². The molecule has 1 saturated heterocycles. The van der Waals surface area contributed by atoms with E-state index in [1.807, 2.05) is 6.92 Å². The Morgan fingerprint density at radius 1 is 1.35 bits per heavy atom. The van der Waals surface area contributed by atoms with Gasteiger partial charge in [-0.25, -0.2) is 0 Å². The lowest BCUT2D eigenvalue weighted by molar-refractivity contribution is -0.156. The van der Waals surface area contributed by atoms with Gasteiger partial charge in [-0.15, -0.1) is 0 Å². The molecule has 1 heterocycles. The lowest BCUT2D eigenvalue weighted by Crippen LogP contribution is -2.54. The van der Waals surface area contributed by atoms with Gasteiger partial charge in [-0.1, -0.05) is 20.8 Å². The number of ether oxygens (including phenoxy) is 1. The van der Waals surface area contributed by atoms with E-state index in [1.165, 1.54) is 0 Å². The predicted molar refractivity (Wildman–Crippen MR) is 63.5 cm³/mol. The summed E-state index contributed by atoms with van der Waals surface area (Å²) in [6, 6.07) is 0. The molecule has 3 aliphatic rings. The lowest BCUT2D eigenvalue weighted by atomic mass is 9.62. The van der Waals surface area contributed by atoms with Crippen LogP contribution in [0.1, 0.15) is 47.0 Å². The maximum Gasteiger partial charge on any atom is 0.196 e. The maximum atomic E-state index is 12.4. The van der Waals surface area contributed by atoms with Crippen molar-refractivity contribution in [1.29, 1.82) is 0 Å². The summed E-state index contributed by atoms with van der Waals surface area (Å²) in [5.41, 5.74) is -1.39. The molecule has 0 aromatic carbocycles. The van der Waals surface area contributed by atoms with E-state index >= 15 is 0 Å². The highest BCUT2D eigenvalue weighted by atomic mass is 16.6. The number of aliphatic hydroxyl groups is 1. The molecule has 5 atom stereocenters. The lowest BCUT2D eigenvalue weighted by Gasteiger charge is -2.44. The fraction of sp³-hybridized carbons (Fsp3) is 0.929. The van der Waals surface area contributed by atoms with Crippen molar-refractivity contribution in [3.05, 3.63) is 0 Å². The Kier molecular flexibility index (Phi) is 2.02. The van der Waals surface area contributed by atoms with Gasteiger partial charge in [0.15, 0.2) is 5.78 Å². The Morgan fingerprint density at radius 3 is 2.29 bits per heavy atom. The van der Waals surface area contributed by atoms with E-state index < -0.39 is 5.60 Å². The largest absolute Gasteiger partial charge is 0.381 e. The van der Waals surface area contributed by atoms with Crippen molar-refractivity contribution < 1.29 is 14.6 Å². The number of Topliss-reactive ketones (excluding diaryl/α,β-unsaturated/α-hetero) is 1. The molecule has 17 heavy (non-hydrogen) atoms. The van der Waals surface area contributed by atoms with Crippen LogP contribution < -0.4 is 0 Å². The molecule has 0 aromatic heterocycles. The van der Waals surface area contributed by atoms with Gasteiger partial charge in [0, 0.05) is 5.41 Å². The predicted octanol–water partition coefficient (Wildman–Crippen LogP) is 1.92. The van der Waals surface area contributed by atoms with E-state index in [9.17, 15) is 9.90 Å². The third kappa shape index (κ3) is 1.13. The summed E-state index contributed by atoms with van der Waals surface area (Å²) in [6.07, 6.45) is 2.36. The number of ketones is 1. The minimum absolute atomic E-state index is 0.00244. The Bertz CT molecular complexity index is 389. The molecule has 3 rings (SSSR count). The molecule has 3 nitrogen and oxygen atoms in total. The van der Waals surface area contributed by atoms with Crippen LogP contribution in [0.15, 0.2) is 0 Å². The molecule has 96 valence electrons. The maximum absolute atomic E-state index is 12.4. The smallest absolute Gasteiger partial charge is 0.196 e. The monoisotopic (exact) mass is 238 g/mol. The summed E-state index contributed by atoms with van der Waals surface area (Å²) in [5.74, 6) is 0.401. The van der Waals surface area contributed by atoms with Crippen molar-refractivity contribution in [1.82, 2.24) is 0 Å². The molecule has 2 bridgehead atoms. The first-order valence-electron chi connectivity index (χ1n) is 6.66. The van der Waals surface area contributed by atoms with Gasteiger partial charge in [-0.3, -0.25) is 4.79 Å². The summed E-state index contributed by atoms with van der Waals surface area (Å²) >= 11 is 0. The molecule has 0 radical (unpaired) electrons. The van der Waals surface area contributed by atoms with Gasteiger partial charge in [0.1, 0.15) is 11.7 Å². The fourth-order valence-electron chi connectivity index (χ4n) is 4.34. The van der Waals surface area contributed by atoms with Gasteiger partial charge in [0.05, 0.1) is 6.10 Å². The van der Waals surface area contributed by atoms with Crippen LogP contribution >= 0.6 is 0 Å². The third-order valence-electron chi connectivity index (χ3n) is 6.27. The molecule has 2 aliphatic carbocycles. The normalized spacial score (nSPS) is 55.0. The summed E-state index contributed by atoms with van der Waals surface area (Å²) in [6.45, 7) is 8.39. The van der Waals surface area contributed by atoms with E-state index in [0.29, 0.717) is 12.3 Å². The second kappa shape index (κ2) is 2.94. The van der Waals surface area contributed by atoms with E-state index in [0.717, 1.165) is 12.8 Å². The van der Waals surface area contributed by atoms with E-state index in [4.69, 9.17) is 4.74 Å². The van der Waals surface area contributed by atoms with Crippen LogP contribution in [0.25, 0.3) is 0 Å². The number of carbonyl (C=O) groups excluding carboxylic acids is 1. The number of hydrogen-bond donors (Lipinski definition) is 1. The van der Waals surface area contributed by atoms with Crippen LogP contribution in [0.2, 0.25) is 0 Å². The highest BCUT2D eigenvalue weighted by molar-refractivity contribution is 5.94. The Labute approximate surface area is 103 Å². The Morgan fingerprint density at radius 2 is 1.94 bits per heavy atom. The third-order valence-corrected chi connectivity index (χ3v) is 6.27. The van der Waals surface area contributed by atoms with E-state index in [1.54, 1.807) is 0 Å². The first kappa shape index (κ1) is 11.7. The van der Waals surface area contributed by atoms with Crippen molar-refractivity contribution in [2.75, 3.05) is 0 Å². The molecule has 0 spiro atoms. The average molecular weight is 238 g/mol. The number of carbonyl (C=O) groups is 1. The Hall–Kier alpha value is -0.410. The molecular formula is C14H22O3. The van der Waals surface area contributed by atoms with Crippen LogP contribution in [0.4, 0.5) is 0 Å². The summed E-state index contributed by atoms with van der Waals surface area (Å²) in [4.78, 5) is 12.4. The van der Waals surface area contributed by atoms with Crippen molar-refractivity contribution >= 4 is 5.78 Å². The highest BCUT2D eigenvalue weighted by Gasteiger charge is 2.72. The molecule has 3 heteroatoms. The number of hydrogen-bond acceptors (Lipinski definition) is 3. The molecule has 1 aliphatic heterocycles. The summed E-state index contributed by atoms with van der Waals surface area (Å²) in [7, 11) is 0. The van der Waals surface area contributed by atoms with Crippen molar-refractivity contribution in [3.8, 4) is 0 Å². The summed E-state index contributed by atoms with van der Waals surface area (Å²) < 4.78 is 5.27. The van der Waals surface area contributed by atoms with Crippen molar-refractivity contribution in [3.63, 3.8) is 0 Å². The topological polar surface area (TPSA) is 49.8 Å². The molecule has 0 amide bonds. The fourth-order valence-corrected chi connectivity index (χ4v) is 4.34. The van der Waals surface area contributed by atoms with Crippen LogP contribution in [0.3, 0.4) is 0 Å². The number of epoxide rings is 1. The second-order valence-corrected chi connectivity index (χ2v) is 6.98. The molecule has 0 aromatic rings. The van der Waals surface area contributed by atoms with Gasteiger partial charge >= 0.3 is 0 Å². The van der Waals surface area contributed by atoms with Crippen LogP contribution in [0.5, 0.6) is 0 Å². The SMILES string of the molecule is C[C@@H]1O[C@@H]1C(=O)[C@@]1(O)C[C@H]2CC[C@]1(C)C2(C)C. The quantitative estimate of drug-likeness (QED) is 0.748. The molecule has 2 saturated carbocycles. The van der Waals surface area contributed by atoms with Gasteiger partial charge in [0.2, 0.25) is 0 Å². The number of fused-ring (bicyclic) bond motifs is 2. The minimum atomic E-state index is -1.16. The van der Waals surface area contributed by atoms with Gasteiger partial charge in [-0.2, -0.15) is 0 Å². The first-order chi connectivity index (χ1) is 7.74. The summed E-state index contributed by atoms with van der Waals surface area (Å²) in [5, 5.41) is 10.9. The first-order valence-corrected chi connectivity index (χ1v) is 6.66. The van der Waals surface area contributed by atoms with E-state index in [-0.39, 0.29) is 28.8 Å². The molecule has 3 fully saturated rings. The molecule has 0 unspecified atom stereocenters. The Balaban J connectivity index is 1.97. The zero-order valence-electron chi connectivity index (χ0n) is 11.1. The van der Waals surface area contributed by atoms with Gasteiger partial charge in [0.25, 0.3) is 0 Å². The van der Waals surface area contributed by atoms with Crippen LogP contribution in [0, 0.1) is 16.7 Å². The standard InChI is InChI=1S/C14H22O3/c1-8-10(17-8)11(15)14(16)7-9-5-6-13(14,4)12(9,2)3/h8-10,16H,5-7H2,1-4H3/t8-,9+,10-,13+,14-/m0/s1. The van der Waals surface area contributed by atoms with Crippen molar-refractivity contribution in [2.24, 2.45) is 16.7 Å². The average Bonchev–Trinajstić information content (AvgIpc) is 2.89. The molecular weight excluding hydrogens is 216 g/mol. The van der Waals surface area contributed by atoms with Gasteiger partial charge in [-0.05, 0) is 37.5 Å². The number of rotatable bonds is 2. The minimum Gasteiger partial charge on any atom is -0.381 e. The van der Waals surface area contributed by atoms with Crippen molar-refractivity contribution in [2.45, 2.75) is 64.8 Å². The van der Waals surface area contributed by atoms with Crippen LogP contribution in [-0.2, 0) is 9.53 Å².